The first-order valence-corrected chi connectivity index (χ1v) is 10.5. The minimum Gasteiger partial charge on any atom is -0.481 e. The van der Waals surface area contributed by atoms with Crippen molar-refractivity contribution in [2.75, 3.05) is 6.54 Å². The van der Waals surface area contributed by atoms with E-state index in [-0.39, 0.29) is 12.0 Å². The van der Waals surface area contributed by atoms with Crippen molar-refractivity contribution in [1.29, 1.82) is 0 Å². The van der Waals surface area contributed by atoms with Crippen LogP contribution in [-0.4, -0.2) is 32.9 Å². The number of hydrogen-bond acceptors (Lipinski definition) is 4. The minimum absolute atomic E-state index is 0.0323. The van der Waals surface area contributed by atoms with E-state index < -0.39 is 5.97 Å². The van der Waals surface area contributed by atoms with E-state index in [2.05, 4.69) is 23.5 Å². The molecule has 0 bridgehead atoms. The Kier molecular flexibility index (Phi) is 9.97. The summed E-state index contributed by atoms with van der Waals surface area (Å²) in [5, 5.41) is 8.89. The number of aryl methyl sites for hydroxylation is 1. The standard InChI is InChI=1S/C25H28FN3O3/c1-3-19-17-22(28-18-19)20-9-7-12-24(30)29(21(4-2)10-8-15-26)23(27-16-14-20)11-5-6-13-25(31)32/h4,7-10,12,14-17H,2-3,5-6,11,13,18H2,1H3,(H,31,32)/b12-7?,15-8+,16-14?,20-9?,21-10+,27-23?. The molecule has 0 saturated carbocycles. The Morgan fingerprint density at radius 1 is 1.31 bits per heavy atom. The molecule has 6 nitrogen and oxygen atoms in total. The third-order valence-electron chi connectivity index (χ3n) is 4.86. The highest BCUT2D eigenvalue weighted by Gasteiger charge is 2.09. The van der Waals surface area contributed by atoms with E-state index in [1.165, 1.54) is 34.4 Å². The second kappa shape index (κ2) is 12.9. The number of aliphatic carboxylic acids is 1. The van der Waals surface area contributed by atoms with Crippen LogP contribution in [0.4, 0.5) is 4.39 Å². The molecule has 1 aromatic heterocycles. The molecule has 0 amide bonds. The zero-order valence-corrected chi connectivity index (χ0v) is 18.2. The van der Waals surface area contributed by atoms with Crippen LogP contribution in [0.3, 0.4) is 0 Å². The first-order valence-electron chi connectivity index (χ1n) is 10.5. The maximum atomic E-state index is 13.0. The van der Waals surface area contributed by atoms with Gasteiger partial charge in [0.15, 0.2) is 0 Å². The minimum atomic E-state index is -0.875. The summed E-state index contributed by atoms with van der Waals surface area (Å²) < 4.78 is 13.9. The number of halogens is 1. The zero-order valence-electron chi connectivity index (χ0n) is 18.2. The fourth-order valence-electron chi connectivity index (χ4n) is 3.16. The van der Waals surface area contributed by atoms with Crippen molar-refractivity contribution in [3.8, 4) is 0 Å². The van der Waals surface area contributed by atoms with Crippen molar-refractivity contribution in [3.63, 3.8) is 0 Å². The summed E-state index contributed by atoms with van der Waals surface area (Å²) in [6.07, 6.45) is 10.3. The second-order valence-corrected chi connectivity index (χ2v) is 7.09. The van der Waals surface area contributed by atoms with E-state index in [0.29, 0.717) is 43.7 Å². The summed E-state index contributed by atoms with van der Waals surface area (Å²) in [6.45, 7) is 6.48. The van der Waals surface area contributed by atoms with Crippen LogP contribution < -0.4 is 5.56 Å². The topological polar surface area (TPSA) is 84.6 Å². The van der Waals surface area contributed by atoms with E-state index >= 15 is 0 Å². The van der Waals surface area contributed by atoms with Crippen molar-refractivity contribution in [3.05, 3.63) is 95.0 Å². The monoisotopic (exact) mass is 437 g/mol. The van der Waals surface area contributed by atoms with E-state index in [9.17, 15) is 14.0 Å². The summed E-state index contributed by atoms with van der Waals surface area (Å²) in [5.74, 6) is -0.459. The van der Waals surface area contributed by atoms with E-state index in [1.54, 1.807) is 18.3 Å². The van der Waals surface area contributed by atoms with Crippen LogP contribution >= 0.6 is 0 Å². The quantitative estimate of drug-likeness (QED) is 0.420. The third kappa shape index (κ3) is 7.27. The first kappa shape index (κ1) is 24.7. The molecule has 168 valence electrons. The van der Waals surface area contributed by atoms with E-state index in [0.717, 1.165) is 17.7 Å². The fourth-order valence-corrected chi connectivity index (χ4v) is 3.16. The lowest BCUT2D eigenvalue weighted by Crippen LogP contribution is -2.21. The van der Waals surface area contributed by atoms with Crippen molar-refractivity contribution < 1.29 is 14.3 Å². The first-order chi connectivity index (χ1) is 15.5. The van der Waals surface area contributed by atoms with Gasteiger partial charge in [0.05, 0.1) is 18.6 Å². The molecule has 0 spiro atoms. The highest BCUT2D eigenvalue weighted by atomic mass is 19.1. The molecule has 0 saturated heterocycles. The van der Waals surface area contributed by atoms with Gasteiger partial charge in [-0.3, -0.25) is 19.1 Å². The molecular weight excluding hydrogens is 409 g/mol. The van der Waals surface area contributed by atoms with Gasteiger partial charge >= 0.3 is 5.97 Å². The van der Waals surface area contributed by atoms with Crippen molar-refractivity contribution >= 4 is 17.4 Å². The van der Waals surface area contributed by atoms with Gasteiger partial charge in [-0.05, 0) is 55.2 Å². The number of carboxylic acid groups (broad SMARTS) is 1. The normalized spacial score (nSPS) is 13.5. The summed E-state index contributed by atoms with van der Waals surface area (Å²) in [6, 6.07) is 6.67. The highest BCUT2D eigenvalue weighted by molar-refractivity contribution is 6.10. The van der Waals surface area contributed by atoms with Gasteiger partial charge in [0, 0.05) is 36.4 Å². The molecule has 32 heavy (non-hydrogen) atoms. The fraction of sp³-hybridized carbons (Fsp3) is 0.280. The van der Waals surface area contributed by atoms with Gasteiger partial charge in [0.25, 0.3) is 5.56 Å². The zero-order chi connectivity index (χ0) is 23.3. The van der Waals surface area contributed by atoms with Crippen LogP contribution in [0.25, 0.3) is 5.70 Å². The van der Waals surface area contributed by atoms with Crippen LogP contribution in [0.15, 0.2) is 83.0 Å². The molecule has 1 aromatic rings. The molecule has 0 aliphatic carbocycles. The van der Waals surface area contributed by atoms with Gasteiger partial charge in [-0.1, -0.05) is 25.6 Å². The lowest BCUT2D eigenvalue weighted by molar-refractivity contribution is -0.137. The second-order valence-electron chi connectivity index (χ2n) is 7.09. The Hall–Kier alpha value is -3.61. The number of rotatable bonds is 10. The molecule has 2 heterocycles. The summed E-state index contributed by atoms with van der Waals surface area (Å²) >= 11 is 0. The molecule has 0 fully saturated rings. The predicted molar refractivity (Wildman–Crippen MR) is 126 cm³/mol. The molecule has 0 unspecified atom stereocenters. The van der Waals surface area contributed by atoms with Gasteiger partial charge in [-0.25, -0.2) is 9.37 Å². The lowest BCUT2D eigenvalue weighted by atomic mass is 10.1. The predicted octanol–water partition coefficient (Wildman–Crippen LogP) is 4.81. The maximum absolute atomic E-state index is 13.0. The van der Waals surface area contributed by atoms with Crippen LogP contribution in [0.1, 0.15) is 44.0 Å². The molecule has 1 aliphatic heterocycles. The van der Waals surface area contributed by atoms with E-state index in [4.69, 9.17) is 5.11 Å². The average molecular weight is 438 g/mol. The van der Waals surface area contributed by atoms with Gasteiger partial charge in [-0.15, -0.1) is 0 Å². The third-order valence-corrected chi connectivity index (χ3v) is 4.86. The largest absolute Gasteiger partial charge is 0.481 e. The molecule has 7 heteroatoms. The van der Waals surface area contributed by atoms with Crippen molar-refractivity contribution in [1.82, 2.24) is 9.55 Å². The van der Waals surface area contributed by atoms with E-state index in [1.807, 2.05) is 12.1 Å². The van der Waals surface area contributed by atoms with Crippen LogP contribution in [0.5, 0.6) is 0 Å². The van der Waals surface area contributed by atoms with Crippen LogP contribution in [-0.2, 0) is 11.2 Å². The summed E-state index contributed by atoms with van der Waals surface area (Å²) in [7, 11) is 0. The molecule has 0 aromatic carbocycles. The Balaban J connectivity index is 2.59. The van der Waals surface area contributed by atoms with Gasteiger partial charge in [0.1, 0.15) is 5.82 Å². The van der Waals surface area contributed by atoms with Gasteiger partial charge in [0.2, 0.25) is 0 Å². The molecule has 0 atom stereocenters. The Bertz CT molecular complexity index is 1080. The molecular formula is C25H28FN3O3. The van der Waals surface area contributed by atoms with Crippen LogP contribution in [0.2, 0.25) is 0 Å². The SMILES string of the molecule is C=C/C(=C\C=C\F)n1c(CCCCC(=O)O)nccc(C2=NCC(CC)=C2)cccc1=O. The Morgan fingerprint density at radius 3 is 2.78 bits per heavy atom. The number of aliphatic imine (C=N–C) groups is 1. The number of allylic oxidation sites excluding steroid dienone is 5. The average Bonchev–Trinajstić information content (AvgIpc) is 3.26. The summed E-state index contributed by atoms with van der Waals surface area (Å²) in [4.78, 5) is 32.9. The number of aromatic nitrogens is 2. The lowest BCUT2D eigenvalue weighted by Gasteiger charge is -2.10. The Morgan fingerprint density at radius 2 is 2.12 bits per heavy atom. The van der Waals surface area contributed by atoms with Gasteiger partial charge in [-0.2, -0.15) is 0 Å². The highest BCUT2D eigenvalue weighted by Crippen LogP contribution is 2.14. The Labute approximate surface area is 187 Å². The molecule has 0 radical (unpaired) electrons. The molecule has 2 rings (SSSR count). The number of hydrogen-bond donors (Lipinski definition) is 1. The van der Waals surface area contributed by atoms with Crippen LogP contribution in [0, 0.1) is 0 Å². The molecule has 1 aliphatic rings. The molecule has 1 N–H and O–H groups in total. The summed E-state index contributed by atoms with van der Waals surface area (Å²) in [5.41, 5.74) is 2.90. The smallest absolute Gasteiger partial charge is 0.303 e. The van der Waals surface area contributed by atoms with Gasteiger partial charge < -0.3 is 5.11 Å². The van der Waals surface area contributed by atoms with Crippen molar-refractivity contribution in [2.24, 2.45) is 4.99 Å². The number of carbonyl (C=O) groups is 1. The number of nitrogens with zero attached hydrogens (tertiary/aromatic N) is 3. The maximum Gasteiger partial charge on any atom is 0.303 e. The van der Waals surface area contributed by atoms with Crippen molar-refractivity contribution in [2.45, 2.75) is 39.0 Å². The number of unbranched alkanes of at least 4 members (excludes halogenated alkanes) is 1. The number of carboxylic acids is 1.